The summed E-state index contributed by atoms with van der Waals surface area (Å²) < 4.78 is 3.63. The summed E-state index contributed by atoms with van der Waals surface area (Å²) in [6.45, 7) is 5.94. The summed E-state index contributed by atoms with van der Waals surface area (Å²) in [5.74, 6) is 2.45. The minimum Gasteiger partial charge on any atom is -0.384 e. The first-order chi connectivity index (χ1) is 12.5. The van der Waals surface area contributed by atoms with Gasteiger partial charge in [0.15, 0.2) is 11.5 Å². The lowest BCUT2D eigenvalue weighted by Crippen LogP contribution is -2.08. The minimum absolute atomic E-state index is 0.211. The zero-order valence-electron chi connectivity index (χ0n) is 14.7. The Morgan fingerprint density at radius 1 is 1.08 bits per heavy atom. The van der Waals surface area contributed by atoms with E-state index in [-0.39, 0.29) is 6.04 Å². The first-order valence-electron chi connectivity index (χ1n) is 8.29. The average Bonchev–Trinajstić information content (AvgIpc) is 3.18. The maximum atomic E-state index is 5.92. The van der Waals surface area contributed by atoms with Crippen LogP contribution in [0.1, 0.15) is 25.7 Å². The van der Waals surface area contributed by atoms with E-state index in [4.69, 9.17) is 5.73 Å². The molecule has 4 heterocycles. The lowest BCUT2D eigenvalue weighted by Gasteiger charge is -2.12. The number of aromatic nitrogens is 7. The number of nitrogens with one attached hydrogen (secondary N) is 1. The number of anilines is 3. The van der Waals surface area contributed by atoms with Gasteiger partial charge in [-0.2, -0.15) is 10.2 Å². The molecule has 0 bridgehead atoms. The number of aryl methyl sites for hydroxylation is 1. The van der Waals surface area contributed by atoms with Crippen molar-refractivity contribution in [3.05, 3.63) is 42.5 Å². The normalized spacial score (nSPS) is 11.4. The first kappa shape index (κ1) is 16.0. The Morgan fingerprint density at radius 3 is 2.69 bits per heavy atom. The number of nitrogen functional groups attached to an aromatic ring is 1. The predicted octanol–water partition coefficient (Wildman–Crippen LogP) is 2.60. The molecule has 0 spiro atoms. The molecule has 0 aliphatic carbocycles. The van der Waals surface area contributed by atoms with E-state index in [1.165, 1.54) is 0 Å². The van der Waals surface area contributed by atoms with E-state index in [2.05, 4.69) is 44.3 Å². The Bertz CT molecular complexity index is 1060. The lowest BCUT2D eigenvalue weighted by atomic mass is 10.2. The van der Waals surface area contributed by atoms with Crippen molar-refractivity contribution < 1.29 is 0 Å². The largest absolute Gasteiger partial charge is 0.384 e. The Balaban J connectivity index is 1.90. The Morgan fingerprint density at radius 2 is 1.92 bits per heavy atom. The van der Waals surface area contributed by atoms with E-state index in [0.717, 1.165) is 5.82 Å². The maximum absolute atomic E-state index is 5.92. The second-order valence-electron chi connectivity index (χ2n) is 6.21. The molecule has 9 heteroatoms. The highest BCUT2D eigenvalue weighted by Crippen LogP contribution is 2.30. The van der Waals surface area contributed by atoms with Crippen LogP contribution in [-0.2, 0) is 0 Å². The van der Waals surface area contributed by atoms with Crippen LogP contribution in [0.15, 0.2) is 36.7 Å². The van der Waals surface area contributed by atoms with Crippen molar-refractivity contribution in [3.63, 3.8) is 0 Å². The Hall–Kier alpha value is -3.49. The van der Waals surface area contributed by atoms with Crippen LogP contribution in [-0.4, -0.2) is 34.3 Å². The number of nitrogens with zero attached hydrogens (tertiary/aromatic N) is 7. The number of fused-ring (bicyclic) bond motifs is 1. The molecule has 132 valence electrons. The molecular formula is C17H19N9. The predicted molar refractivity (Wildman–Crippen MR) is 99.1 cm³/mol. The van der Waals surface area contributed by atoms with Gasteiger partial charge in [0.2, 0.25) is 0 Å². The van der Waals surface area contributed by atoms with Gasteiger partial charge < -0.3 is 11.1 Å². The smallest absolute Gasteiger partial charge is 0.162 e. The number of nitrogens with two attached hydrogens (primary N) is 1. The molecule has 0 saturated carbocycles. The quantitative estimate of drug-likeness (QED) is 0.582. The van der Waals surface area contributed by atoms with Crippen LogP contribution in [0.4, 0.5) is 17.5 Å². The topological polar surface area (TPSA) is 112 Å². The zero-order valence-corrected chi connectivity index (χ0v) is 14.7. The Labute approximate surface area is 149 Å². The summed E-state index contributed by atoms with van der Waals surface area (Å²) in [5.41, 5.74) is 8.00. The van der Waals surface area contributed by atoms with Crippen molar-refractivity contribution in [2.24, 2.45) is 0 Å². The molecule has 4 aromatic heterocycles. The second-order valence-corrected chi connectivity index (χ2v) is 6.21. The molecule has 0 saturated heterocycles. The molecule has 0 aromatic carbocycles. The fourth-order valence-electron chi connectivity index (χ4n) is 2.86. The number of hydrogen-bond acceptors (Lipinski definition) is 7. The van der Waals surface area contributed by atoms with Gasteiger partial charge in [-0.05, 0) is 32.9 Å². The van der Waals surface area contributed by atoms with Crippen molar-refractivity contribution >= 4 is 23.1 Å². The highest BCUT2D eigenvalue weighted by molar-refractivity contribution is 5.77. The molecule has 0 unspecified atom stereocenters. The van der Waals surface area contributed by atoms with E-state index < -0.39 is 0 Å². The van der Waals surface area contributed by atoms with Crippen LogP contribution >= 0.6 is 0 Å². The fraction of sp³-hybridized carbons (Fsp3) is 0.235. The van der Waals surface area contributed by atoms with Gasteiger partial charge >= 0.3 is 0 Å². The monoisotopic (exact) mass is 349 g/mol. The van der Waals surface area contributed by atoms with Crippen molar-refractivity contribution in [1.82, 2.24) is 34.3 Å². The highest BCUT2D eigenvalue weighted by Gasteiger charge is 2.19. The van der Waals surface area contributed by atoms with Gasteiger partial charge in [0.1, 0.15) is 23.2 Å². The number of rotatable bonds is 4. The van der Waals surface area contributed by atoms with E-state index >= 15 is 0 Å². The molecule has 4 rings (SSSR count). The highest BCUT2D eigenvalue weighted by atomic mass is 15.4. The molecule has 9 nitrogen and oxygen atoms in total. The summed E-state index contributed by atoms with van der Waals surface area (Å²) in [6.07, 6.45) is 3.46. The third kappa shape index (κ3) is 2.73. The molecule has 3 N–H and O–H groups in total. The zero-order chi connectivity index (χ0) is 18.3. The van der Waals surface area contributed by atoms with Gasteiger partial charge in [-0.25, -0.2) is 24.1 Å². The maximum Gasteiger partial charge on any atom is 0.162 e. The van der Waals surface area contributed by atoms with Gasteiger partial charge in [0.05, 0.1) is 11.9 Å². The minimum atomic E-state index is 0.211. The van der Waals surface area contributed by atoms with Crippen molar-refractivity contribution in [2.45, 2.75) is 26.8 Å². The van der Waals surface area contributed by atoms with Crippen LogP contribution in [0.5, 0.6) is 0 Å². The molecule has 0 fully saturated rings. The summed E-state index contributed by atoms with van der Waals surface area (Å²) in [6, 6.07) is 7.56. The van der Waals surface area contributed by atoms with Crippen molar-refractivity contribution in [1.29, 1.82) is 0 Å². The third-order valence-corrected chi connectivity index (χ3v) is 3.90. The van der Waals surface area contributed by atoms with Gasteiger partial charge in [0.25, 0.3) is 0 Å². The van der Waals surface area contributed by atoms with Crippen LogP contribution in [0, 0.1) is 6.92 Å². The van der Waals surface area contributed by atoms with Crippen LogP contribution in [0.2, 0.25) is 0 Å². The number of hydrogen-bond donors (Lipinski definition) is 2. The summed E-state index contributed by atoms with van der Waals surface area (Å²) in [7, 11) is 0. The van der Waals surface area contributed by atoms with Gasteiger partial charge in [-0.3, -0.25) is 0 Å². The van der Waals surface area contributed by atoms with Crippen molar-refractivity contribution in [3.8, 4) is 11.4 Å². The fourth-order valence-corrected chi connectivity index (χ4v) is 2.86. The van der Waals surface area contributed by atoms with E-state index in [1.54, 1.807) is 29.9 Å². The van der Waals surface area contributed by atoms with Crippen LogP contribution < -0.4 is 11.1 Å². The van der Waals surface area contributed by atoms with Crippen molar-refractivity contribution in [2.75, 3.05) is 11.1 Å². The third-order valence-electron chi connectivity index (χ3n) is 3.90. The molecule has 0 amide bonds. The second kappa shape index (κ2) is 6.10. The summed E-state index contributed by atoms with van der Waals surface area (Å²) in [5, 5.41) is 12.1. The van der Waals surface area contributed by atoms with Gasteiger partial charge in [0, 0.05) is 24.4 Å². The molecule has 0 atom stereocenters. The summed E-state index contributed by atoms with van der Waals surface area (Å²) >= 11 is 0. The van der Waals surface area contributed by atoms with E-state index in [1.807, 2.05) is 22.9 Å². The standard InChI is InChI=1S/C17H19N9/c1-10(2)25-15(6-8-20-25)24-17-16(12-9-13(18)22-11(3)21-12)26-14(23-17)5-4-7-19-26/h4-10,24H,1-3H3,(H2,18,21,22). The lowest BCUT2D eigenvalue weighted by molar-refractivity contribution is 0.540. The molecule has 26 heavy (non-hydrogen) atoms. The first-order valence-corrected chi connectivity index (χ1v) is 8.29. The molecule has 0 aliphatic heterocycles. The van der Waals surface area contributed by atoms with Crippen LogP contribution in [0.25, 0.3) is 17.0 Å². The van der Waals surface area contributed by atoms with E-state index in [9.17, 15) is 0 Å². The van der Waals surface area contributed by atoms with Gasteiger partial charge in [-0.1, -0.05) is 0 Å². The SMILES string of the molecule is Cc1nc(N)cc(-c2c(Nc3ccnn3C(C)C)nc3cccnn23)n1. The van der Waals surface area contributed by atoms with Gasteiger partial charge in [-0.15, -0.1) is 0 Å². The molecular weight excluding hydrogens is 330 g/mol. The van der Waals surface area contributed by atoms with Crippen LogP contribution in [0.3, 0.4) is 0 Å². The molecule has 4 aromatic rings. The van der Waals surface area contributed by atoms with E-state index in [0.29, 0.717) is 34.5 Å². The Kier molecular flexibility index (Phi) is 3.76. The average molecular weight is 349 g/mol. The number of imidazole rings is 1. The summed E-state index contributed by atoms with van der Waals surface area (Å²) in [4.78, 5) is 13.3. The molecule has 0 radical (unpaired) electrons. The molecule has 0 aliphatic rings.